The van der Waals surface area contributed by atoms with Crippen molar-refractivity contribution in [2.24, 2.45) is 0 Å². The first kappa shape index (κ1) is 15.6. The Bertz CT molecular complexity index is 265. The highest BCUT2D eigenvalue weighted by Crippen LogP contribution is 2.26. The molecule has 0 spiro atoms. The summed E-state index contributed by atoms with van der Waals surface area (Å²) in [7, 11) is -2.65. The van der Waals surface area contributed by atoms with Crippen molar-refractivity contribution in [3.63, 3.8) is 0 Å². The summed E-state index contributed by atoms with van der Waals surface area (Å²) in [5.41, 5.74) is 0. The molecular weight excluding hydrogens is 244 g/mol. The van der Waals surface area contributed by atoms with E-state index in [1.807, 2.05) is 0 Å². The van der Waals surface area contributed by atoms with Gasteiger partial charge in [-0.3, -0.25) is 0 Å². The Labute approximate surface area is 112 Å². The van der Waals surface area contributed by atoms with E-state index < -0.39 is 8.80 Å². The third-order valence-electron chi connectivity index (χ3n) is 2.61. The van der Waals surface area contributed by atoms with Crippen molar-refractivity contribution in [2.75, 3.05) is 19.8 Å². The molecule has 0 heterocycles. The maximum atomic E-state index is 6.04. The van der Waals surface area contributed by atoms with Gasteiger partial charge in [0.25, 0.3) is 0 Å². The molecule has 1 aliphatic rings. The third-order valence-corrected chi connectivity index (χ3v) is 5.44. The van der Waals surface area contributed by atoms with Gasteiger partial charge in [-0.1, -0.05) is 39.0 Å². The molecule has 0 N–H and O–H groups in total. The minimum absolute atomic E-state index is 0.699. The Morgan fingerprint density at radius 1 is 0.944 bits per heavy atom. The molecule has 0 aromatic carbocycles. The van der Waals surface area contributed by atoms with Crippen molar-refractivity contribution < 1.29 is 13.3 Å². The number of hydrogen-bond donors (Lipinski definition) is 0. The summed E-state index contributed by atoms with van der Waals surface area (Å²) >= 11 is 0. The number of allylic oxidation sites excluding steroid dienone is 4. The van der Waals surface area contributed by atoms with Crippen LogP contribution in [0.15, 0.2) is 23.4 Å². The first-order valence-electron chi connectivity index (χ1n) is 7.08. The van der Waals surface area contributed by atoms with Gasteiger partial charge in [-0.15, -0.1) is 0 Å². The number of hydrogen-bond acceptors (Lipinski definition) is 3. The lowest BCUT2D eigenvalue weighted by Crippen LogP contribution is -2.48. The van der Waals surface area contributed by atoms with E-state index in [0.717, 1.165) is 30.9 Å². The fourth-order valence-corrected chi connectivity index (χ4v) is 4.63. The zero-order chi connectivity index (χ0) is 13.3. The highest BCUT2D eigenvalue weighted by atomic mass is 28.4. The minimum Gasteiger partial charge on any atom is -0.370 e. The van der Waals surface area contributed by atoms with Gasteiger partial charge < -0.3 is 13.3 Å². The molecule has 3 nitrogen and oxygen atoms in total. The molecular formula is C14H26O3Si. The van der Waals surface area contributed by atoms with E-state index in [1.165, 1.54) is 0 Å². The monoisotopic (exact) mass is 270 g/mol. The van der Waals surface area contributed by atoms with Crippen LogP contribution in [0.25, 0.3) is 0 Å². The molecule has 0 saturated carbocycles. The second kappa shape index (κ2) is 8.64. The van der Waals surface area contributed by atoms with Crippen LogP contribution in [0.2, 0.25) is 0 Å². The van der Waals surface area contributed by atoms with Gasteiger partial charge in [0.05, 0.1) is 0 Å². The van der Waals surface area contributed by atoms with Gasteiger partial charge in [0, 0.05) is 25.0 Å². The van der Waals surface area contributed by atoms with Gasteiger partial charge in [-0.05, 0) is 25.7 Å². The largest absolute Gasteiger partial charge is 0.536 e. The van der Waals surface area contributed by atoms with E-state index in [1.54, 1.807) is 0 Å². The SMILES string of the molecule is CCCO[Si](OCCC)(OCCC)C1=CCC=C1. The fourth-order valence-electron chi connectivity index (χ4n) is 1.77. The first-order valence-corrected chi connectivity index (χ1v) is 8.80. The third kappa shape index (κ3) is 4.35. The van der Waals surface area contributed by atoms with Crippen LogP contribution < -0.4 is 0 Å². The molecule has 0 amide bonds. The summed E-state index contributed by atoms with van der Waals surface area (Å²) in [6, 6.07) is 0. The molecule has 0 radical (unpaired) electrons. The average molecular weight is 270 g/mol. The second-order valence-electron chi connectivity index (χ2n) is 4.40. The molecule has 4 heteroatoms. The van der Waals surface area contributed by atoms with E-state index in [2.05, 4.69) is 39.0 Å². The molecule has 1 rings (SSSR count). The van der Waals surface area contributed by atoms with E-state index in [9.17, 15) is 0 Å². The van der Waals surface area contributed by atoms with E-state index >= 15 is 0 Å². The van der Waals surface area contributed by atoms with Crippen molar-refractivity contribution in [1.29, 1.82) is 0 Å². The zero-order valence-electron chi connectivity index (χ0n) is 11.9. The first-order chi connectivity index (χ1) is 8.79. The van der Waals surface area contributed by atoms with Crippen molar-refractivity contribution in [2.45, 2.75) is 46.5 Å². The predicted molar refractivity (Wildman–Crippen MR) is 76.3 cm³/mol. The average Bonchev–Trinajstić information content (AvgIpc) is 2.93. The zero-order valence-corrected chi connectivity index (χ0v) is 12.9. The Morgan fingerprint density at radius 2 is 1.44 bits per heavy atom. The molecule has 0 unspecified atom stereocenters. The summed E-state index contributed by atoms with van der Waals surface area (Å²) < 4.78 is 18.1. The standard InChI is InChI=1S/C14H26O3Si/c1-4-11-15-18(16-12-5-2,17-13-6-3)14-9-7-8-10-14/h7,9-10H,4-6,8,11-13H2,1-3H3. The van der Waals surface area contributed by atoms with Gasteiger partial charge in [0.1, 0.15) is 0 Å². The Kier molecular flexibility index (Phi) is 7.50. The molecule has 0 saturated heterocycles. The van der Waals surface area contributed by atoms with Crippen LogP contribution in [-0.2, 0) is 13.3 Å². The molecule has 0 aromatic heterocycles. The molecule has 0 fully saturated rings. The molecule has 1 aliphatic carbocycles. The van der Waals surface area contributed by atoms with Crippen LogP contribution in [0.5, 0.6) is 0 Å². The van der Waals surface area contributed by atoms with E-state index in [0.29, 0.717) is 19.8 Å². The smallest absolute Gasteiger partial charge is 0.370 e. The quantitative estimate of drug-likeness (QED) is 0.567. The lowest BCUT2D eigenvalue weighted by molar-refractivity contribution is 0.0693. The molecule has 104 valence electrons. The van der Waals surface area contributed by atoms with E-state index in [4.69, 9.17) is 13.3 Å². The highest BCUT2D eigenvalue weighted by Gasteiger charge is 2.45. The molecule has 0 atom stereocenters. The lowest BCUT2D eigenvalue weighted by atomic mass is 10.5. The molecule has 0 aliphatic heterocycles. The van der Waals surface area contributed by atoms with Crippen LogP contribution >= 0.6 is 0 Å². The van der Waals surface area contributed by atoms with Crippen LogP contribution in [0.3, 0.4) is 0 Å². The Hall–Kier alpha value is -0.423. The topological polar surface area (TPSA) is 27.7 Å². The fraction of sp³-hybridized carbons (Fsp3) is 0.714. The summed E-state index contributed by atoms with van der Waals surface area (Å²) in [5, 5.41) is 1.14. The Balaban J connectivity index is 2.80. The maximum absolute atomic E-state index is 6.04. The van der Waals surface area contributed by atoms with Crippen molar-refractivity contribution >= 4 is 8.80 Å². The van der Waals surface area contributed by atoms with Gasteiger partial charge in [0.15, 0.2) is 0 Å². The summed E-state index contributed by atoms with van der Waals surface area (Å²) in [6.07, 6.45) is 10.3. The molecule has 0 bridgehead atoms. The van der Waals surface area contributed by atoms with Crippen LogP contribution in [0.1, 0.15) is 46.5 Å². The normalized spacial score (nSPS) is 15.2. The van der Waals surface area contributed by atoms with Gasteiger partial charge in [-0.2, -0.15) is 0 Å². The van der Waals surface area contributed by atoms with Gasteiger partial charge in [-0.25, -0.2) is 0 Å². The summed E-state index contributed by atoms with van der Waals surface area (Å²) in [6.45, 7) is 8.42. The number of rotatable bonds is 10. The van der Waals surface area contributed by atoms with Crippen molar-refractivity contribution in [3.8, 4) is 0 Å². The van der Waals surface area contributed by atoms with Crippen molar-refractivity contribution in [3.05, 3.63) is 23.4 Å². The highest BCUT2D eigenvalue weighted by molar-refractivity contribution is 6.69. The van der Waals surface area contributed by atoms with Crippen LogP contribution in [-0.4, -0.2) is 28.6 Å². The molecule has 18 heavy (non-hydrogen) atoms. The van der Waals surface area contributed by atoms with Gasteiger partial charge >= 0.3 is 8.80 Å². The van der Waals surface area contributed by atoms with Crippen LogP contribution in [0, 0.1) is 0 Å². The molecule has 0 aromatic rings. The van der Waals surface area contributed by atoms with Crippen molar-refractivity contribution in [1.82, 2.24) is 0 Å². The predicted octanol–water partition coefficient (Wildman–Crippen LogP) is 3.63. The minimum atomic E-state index is -2.65. The lowest BCUT2D eigenvalue weighted by Gasteiger charge is -2.29. The summed E-state index contributed by atoms with van der Waals surface area (Å²) in [4.78, 5) is 0. The maximum Gasteiger partial charge on any atom is 0.536 e. The summed E-state index contributed by atoms with van der Waals surface area (Å²) in [5.74, 6) is 0. The van der Waals surface area contributed by atoms with Gasteiger partial charge in [0.2, 0.25) is 0 Å². The van der Waals surface area contributed by atoms with Crippen LogP contribution in [0.4, 0.5) is 0 Å². The van der Waals surface area contributed by atoms with E-state index in [-0.39, 0.29) is 0 Å². The second-order valence-corrected chi connectivity index (χ2v) is 6.95. The Morgan fingerprint density at radius 3 is 1.78 bits per heavy atom.